The van der Waals surface area contributed by atoms with Gasteiger partial charge in [0.25, 0.3) is 0 Å². The molecule has 112 valence electrons. The Labute approximate surface area is 130 Å². The average Bonchev–Trinajstić information content (AvgIpc) is 3.00. The van der Waals surface area contributed by atoms with Gasteiger partial charge in [-0.05, 0) is 36.4 Å². The van der Waals surface area contributed by atoms with Gasteiger partial charge in [0.2, 0.25) is 0 Å². The molecule has 4 nitrogen and oxygen atoms in total. The molecule has 1 aromatic carbocycles. The van der Waals surface area contributed by atoms with Gasteiger partial charge in [0.05, 0.1) is 26.5 Å². The van der Waals surface area contributed by atoms with Crippen molar-refractivity contribution >= 4 is 0 Å². The highest BCUT2D eigenvalue weighted by atomic mass is 35.5. The van der Waals surface area contributed by atoms with Crippen LogP contribution in [0.15, 0.2) is 47.1 Å². The summed E-state index contributed by atoms with van der Waals surface area (Å²) in [6.07, 6.45) is 1.66. The van der Waals surface area contributed by atoms with Gasteiger partial charge < -0.3 is 26.3 Å². The quantitative estimate of drug-likeness (QED) is 0.575. The first-order valence-corrected chi connectivity index (χ1v) is 6.34. The number of hydrogen-bond acceptors (Lipinski definition) is 4. The third kappa shape index (κ3) is 6.26. The monoisotopic (exact) mass is 306 g/mol. The molecule has 0 aliphatic heterocycles. The summed E-state index contributed by atoms with van der Waals surface area (Å²) in [5, 5.41) is 3.16. The fourth-order valence-electron chi connectivity index (χ4n) is 1.57. The van der Waals surface area contributed by atoms with Crippen molar-refractivity contribution in [1.29, 1.82) is 0 Å². The van der Waals surface area contributed by atoms with Crippen molar-refractivity contribution in [3.8, 4) is 23.3 Å². The first-order valence-electron chi connectivity index (χ1n) is 6.34. The summed E-state index contributed by atoms with van der Waals surface area (Å²) in [4.78, 5) is 0. The zero-order valence-electron chi connectivity index (χ0n) is 11.8. The third-order valence-electron chi connectivity index (χ3n) is 2.59. The number of rotatable bonds is 6. The van der Waals surface area contributed by atoms with Crippen molar-refractivity contribution in [1.82, 2.24) is 5.32 Å². The normalized spacial score (nSPS) is 9.19. The molecule has 0 saturated heterocycles. The molecule has 0 atom stereocenters. The van der Waals surface area contributed by atoms with Crippen LogP contribution in [0.3, 0.4) is 0 Å². The van der Waals surface area contributed by atoms with Gasteiger partial charge in [-0.15, -0.1) is 0 Å². The molecule has 0 fully saturated rings. The van der Waals surface area contributed by atoms with E-state index in [9.17, 15) is 0 Å². The Morgan fingerprint density at radius 2 is 1.86 bits per heavy atom. The molecule has 0 aliphatic carbocycles. The Bertz CT molecular complexity index is 555. The second-order valence-electron chi connectivity index (χ2n) is 4.00. The van der Waals surface area contributed by atoms with Gasteiger partial charge in [-0.3, -0.25) is 5.32 Å². The Hall–Kier alpha value is -2.09. The molecule has 0 bridgehead atoms. The van der Waals surface area contributed by atoms with E-state index in [2.05, 4.69) is 17.2 Å². The maximum absolute atomic E-state index is 5.48. The van der Waals surface area contributed by atoms with Crippen LogP contribution < -0.4 is 27.2 Å². The van der Waals surface area contributed by atoms with Crippen molar-refractivity contribution in [2.75, 3.05) is 20.3 Å². The van der Waals surface area contributed by atoms with E-state index >= 15 is 0 Å². The van der Waals surface area contributed by atoms with Crippen molar-refractivity contribution in [2.45, 2.75) is 6.54 Å². The molecule has 5 heteroatoms. The molecule has 2 aromatic rings. The van der Waals surface area contributed by atoms with Crippen molar-refractivity contribution in [2.24, 2.45) is 0 Å². The lowest BCUT2D eigenvalue weighted by atomic mass is 10.3. The van der Waals surface area contributed by atoms with Gasteiger partial charge in [0.15, 0.2) is 0 Å². The van der Waals surface area contributed by atoms with E-state index in [1.807, 2.05) is 36.4 Å². The molecule has 0 aliphatic rings. The molecule has 21 heavy (non-hydrogen) atoms. The molecule has 1 N–H and O–H groups in total. The predicted molar refractivity (Wildman–Crippen MR) is 76.7 cm³/mol. The number of benzene rings is 1. The summed E-state index contributed by atoms with van der Waals surface area (Å²) in [5.74, 6) is 8.43. The fraction of sp³-hybridized carbons (Fsp3) is 0.250. The minimum atomic E-state index is 0. The standard InChI is InChI=1S/C16H17NO3.ClH/c1-18-14-6-8-15(9-7-14)19-11-3-2-10-17-13-16-5-4-12-20-16;/h4-9,12,17H,10-11,13H2,1H3;1H/p-1. The fourth-order valence-corrected chi connectivity index (χ4v) is 1.57. The Balaban J connectivity index is 0.00000220. The molecule has 0 spiro atoms. The Morgan fingerprint density at radius 3 is 2.52 bits per heavy atom. The van der Waals surface area contributed by atoms with Crippen molar-refractivity contribution in [3.63, 3.8) is 0 Å². The number of ether oxygens (including phenoxy) is 2. The summed E-state index contributed by atoms with van der Waals surface area (Å²) in [6.45, 7) is 1.66. The molecule has 0 unspecified atom stereocenters. The second-order valence-corrected chi connectivity index (χ2v) is 4.00. The lowest BCUT2D eigenvalue weighted by Gasteiger charge is -2.03. The molecular formula is C16H17ClNO3-. The minimum Gasteiger partial charge on any atom is -1.00 e. The molecule has 1 heterocycles. The number of hydrogen-bond donors (Lipinski definition) is 1. The van der Waals surface area contributed by atoms with Crippen LogP contribution in [-0.4, -0.2) is 20.3 Å². The zero-order valence-corrected chi connectivity index (χ0v) is 12.5. The van der Waals surface area contributed by atoms with E-state index in [-0.39, 0.29) is 12.4 Å². The van der Waals surface area contributed by atoms with Gasteiger partial charge in [-0.1, -0.05) is 11.8 Å². The zero-order chi connectivity index (χ0) is 14.0. The molecule has 2 rings (SSSR count). The van der Waals surface area contributed by atoms with E-state index < -0.39 is 0 Å². The summed E-state index contributed by atoms with van der Waals surface area (Å²) in [6, 6.07) is 11.2. The van der Waals surface area contributed by atoms with Gasteiger partial charge in [-0.25, -0.2) is 0 Å². The SMILES string of the molecule is COc1ccc(OCC#CCNCc2ccco2)cc1.[Cl-]. The van der Waals surface area contributed by atoms with Gasteiger partial charge in [0.1, 0.15) is 23.9 Å². The van der Waals surface area contributed by atoms with Crippen LogP contribution in [0.5, 0.6) is 11.5 Å². The first-order chi connectivity index (χ1) is 9.88. The van der Waals surface area contributed by atoms with E-state index in [0.29, 0.717) is 19.7 Å². The highest BCUT2D eigenvalue weighted by Gasteiger charge is 1.93. The molecular weight excluding hydrogens is 290 g/mol. The smallest absolute Gasteiger partial charge is 0.149 e. The summed E-state index contributed by atoms with van der Waals surface area (Å²) in [7, 11) is 1.64. The number of halogens is 1. The van der Waals surface area contributed by atoms with Crippen LogP contribution >= 0.6 is 0 Å². The highest BCUT2D eigenvalue weighted by molar-refractivity contribution is 5.31. The van der Waals surface area contributed by atoms with E-state index in [1.165, 1.54) is 0 Å². The van der Waals surface area contributed by atoms with Crippen LogP contribution in [0.2, 0.25) is 0 Å². The van der Waals surface area contributed by atoms with Crippen LogP contribution in [-0.2, 0) is 6.54 Å². The van der Waals surface area contributed by atoms with E-state index in [4.69, 9.17) is 13.9 Å². The lowest BCUT2D eigenvalue weighted by Crippen LogP contribution is -3.00. The topological polar surface area (TPSA) is 43.6 Å². The second kappa shape index (κ2) is 9.76. The van der Waals surface area contributed by atoms with Crippen LogP contribution in [0, 0.1) is 11.8 Å². The largest absolute Gasteiger partial charge is 1.00 e. The van der Waals surface area contributed by atoms with Gasteiger partial charge in [-0.2, -0.15) is 0 Å². The van der Waals surface area contributed by atoms with Crippen LogP contribution in [0.4, 0.5) is 0 Å². The average molecular weight is 307 g/mol. The third-order valence-corrected chi connectivity index (χ3v) is 2.59. The van der Waals surface area contributed by atoms with Gasteiger partial charge >= 0.3 is 0 Å². The molecule has 0 saturated carbocycles. The van der Waals surface area contributed by atoms with E-state index in [0.717, 1.165) is 17.3 Å². The first kappa shape index (κ1) is 17.0. The van der Waals surface area contributed by atoms with Gasteiger partial charge in [0, 0.05) is 0 Å². The molecule has 0 radical (unpaired) electrons. The Morgan fingerprint density at radius 1 is 1.10 bits per heavy atom. The summed E-state index contributed by atoms with van der Waals surface area (Å²) < 4.78 is 15.7. The maximum Gasteiger partial charge on any atom is 0.149 e. The van der Waals surface area contributed by atoms with Crippen LogP contribution in [0.25, 0.3) is 0 Å². The highest BCUT2D eigenvalue weighted by Crippen LogP contribution is 2.16. The number of furan rings is 1. The minimum absolute atomic E-state index is 0. The lowest BCUT2D eigenvalue weighted by molar-refractivity contribution is -0.00000528. The molecule has 1 aromatic heterocycles. The van der Waals surface area contributed by atoms with E-state index in [1.54, 1.807) is 13.4 Å². The van der Waals surface area contributed by atoms with Crippen molar-refractivity contribution in [3.05, 3.63) is 48.4 Å². The number of methoxy groups -OCH3 is 1. The molecule has 0 amide bonds. The Kier molecular flexibility index (Phi) is 7.88. The summed E-state index contributed by atoms with van der Waals surface area (Å²) in [5.41, 5.74) is 0. The summed E-state index contributed by atoms with van der Waals surface area (Å²) >= 11 is 0. The van der Waals surface area contributed by atoms with Crippen molar-refractivity contribution < 1.29 is 26.3 Å². The number of nitrogens with one attached hydrogen (secondary N) is 1. The van der Waals surface area contributed by atoms with Crippen LogP contribution in [0.1, 0.15) is 5.76 Å². The predicted octanol–water partition coefficient (Wildman–Crippen LogP) is -0.536. The maximum atomic E-state index is 5.48.